The maximum atomic E-state index is 5.27. The summed E-state index contributed by atoms with van der Waals surface area (Å²) < 4.78 is 0. The first-order valence-corrected chi connectivity index (χ1v) is 18.8. The summed E-state index contributed by atoms with van der Waals surface area (Å²) in [5.41, 5.74) is 15.2. The van der Waals surface area contributed by atoms with Gasteiger partial charge in [0.15, 0.2) is 5.82 Å². The van der Waals surface area contributed by atoms with Crippen molar-refractivity contribution in [2.75, 3.05) is 0 Å². The lowest BCUT2D eigenvalue weighted by molar-refractivity contribution is 1.18. The normalized spacial score (nSPS) is 11.2. The quantitative estimate of drug-likeness (QED) is 0.154. The highest BCUT2D eigenvalue weighted by Crippen LogP contribution is 2.36. The molecule has 0 saturated heterocycles. The molecule has 0 amide bonds. The van der Waals surface area contributed by atoms with Crippen LogP contribution >= 0.6 is 0 Å². The van der Waals surface area contributed by atoms with Crippen LogP contribution in [0.25, 0.3) is 100 Å². The molecule has 262 valence electrons. The average molecular weight is 715 g/mol. The van der Waals surface area contributed by atoms with E-state index in [0.717, 1.165) is 94.7 Å². The predicted molar refractivity (Wildman–Crippen MR) is 231 cm³/mol. The van der Waals surface area contributed by atoms with Gasteiger partial charge in [-0.2, -0.15) is 0 Å². The Morgan fingerprint density at radius 1 is 0.250 bits per heavy atom. The molecule has 56 heavy (non-hydrogen) atoms. The molecule has 0 aliphatic rings. The van der Waals surface area contributed by atoms with Crippen molar-refractivity contribution in [1.29, 1.82) is 0 Å². The largest absolute Gasteiger partial charge is 0.245 e. The van der Waals surface area contributed by atoms with Crippen LogP contribution in [-0.2, 0) is 0 Å². The number of pyridine rings is 2. The van der Waals surface area contributed by atoms with Gasteiger partial charge in [-0.1, -0.05) is 188 Å². The van der Waals surface area contributed by atoms with E-state index in [1.54, 1.807) is 0 Å². The highest BCUT2D eigenvalue weighted by molar-refractivity contribution is 6.09. The average Bonchev–Trinajstić information content (AvgIpc) is 3.29. The Morgan fingerprint density at radius 2 is 0.661 bits per heavy atom. The third-order valence-corrected chi connectivity index (χ3v) is 10.3. The molecule has 0 spiro atoms. The fraction of sp³-hybridized carbons (Fsp3) is 0. The van der Waals surface area contributed by atoms with Crippen LogP contribution in [0.1, 0.15) is 0 Å². The van der Waals surface area contributed by atoms with Gasteiger partial charge in [-0.15, -0.1) is 0 Å². The van der Waals surface area contributed by atoms with E-state index in [9.17, 15) is 0 Å². The van der Waals surface area contributed by atoms with Crippen LogP contribution in [-0.4, -0.2) is 19.9 Å². The Kier molecular flexibility index (Phi) is 8.47. The van der Waals surface area contributed by atoms with E-state index >= 15 is 0 Å². The smallest absolute Gasteiger partial charge is 0.160 e. The minimum atomic E-state index is 0.709. The molecular formula is C52H34N4. The number of fused-ring (bicyclic) bond motifs is 3. The molecule has 7 aromatic carbocycles. The first kappa shape index (κ1) is 33.0. The lowest BCUT2D eigenvalue weighted by Crippen LogP contribution is -1.95. The van der Waals surface area contributed by atoms with Gasteiger partial charge in [0.1, 0.15) is 0 Å². The molecule has 0 atom stereocenters. The van der Waals surface area contributed by atoms with Gasteiger partial charge in [-0.25, -0.2) is 19.9 Å². The van der Waals surface area contributed by atoms with E-state index in [0.29, 0.717) is 5.82 Å². The molecule has 0 aliphatic carbocycles. The van der Waals surface area contributed by atoms with Crippen LogP contribution in [0.3, 0.4) is 0 Å². The lowest BCUT2D eigenvalue weighted by atomic mass is 9.96. The van der Waals surface area contributed by atoms with Crippen molar-refractivity contribution >= 4 is 21.8 Å². The molecule has 3 heterocycles. The number of nitrogens with zero attached hydrogens (tertiary/aromatic N) is 4. The molecule has 10 aromatic rings. The monoisotopic (exact) mass is 714 g/mol. The van der Waals surface area contributed by atoms with E-state index in [1.165, 1.54) is 0 Å². The molecule has 0 bridgehead atoms. The summed E-state index contributed by atoms with van der Waals surface area (Å²) in [6, 6.07) is 71.5. The number of hydrogen-bond donors (Lipinski definition) is 0. The van der Waals surface area contributed by atoms with Crippen molar-refractivity contribution in [3.05, 3.63) is 206 Å². The van der Waals surface area contributed by atoms with E-state index in [2.05, 4.69) is 164 Å². The topological polar surface area (TPSA) is 51.6 Å². The zero-order chi connectivity index (χ0) is 37.3. The van der Waals surface area contributed by atoms with Crippen LogP contribution in [0.5, 0.6) is 0 Å². The molecule has 0 N–H and O–H groups in total. The van der Waals surface area contributed by atoms with Crippen molar-refractivity contribution in [2.45, 2.75) is 0 Å². The first-order chi connectivity index (χ1) is 27.7. The minimum absolute atomic E-state index is 0.709. The summed E-state index contributed by atoms with van der Waals surface area (Å²) in [6.07, 6.45) is 0. The molecule has 4 nitrogen and oxygen atoms in total. The zero-order valence-electron chi connectivity index (χ0n) is 30.4. The molecule has 0 fully saturated rings. The van der Waals surface area contributed by atoms with Crippen molar-refractivity contribution in [2.24, 2.45) is 0 Å². The molecule has 0 unspecified atom stereocenters. The van der Waals surface area contributed by atoms with Crippen LogP contribution in [0.4, 0.5) is 0 Å². The van der Waals surface area contributed by atoms with Gasteiger partial charge in [0, 0.05) is 38.6 Å². The molecule has 3 aromatic heterocycles. The Labute approximate surface area is 325 Å². The minimum Gasteiger partial charge on any atom is -0.245 e. The van der Waals surface area contributed by atoms with Gasteiger partial charge in [-0.05, 0) is 40.5 Å². The van der Waals surface area contributed by atoms with Crippen LogP contribution in [0.15, 0.2) is 206 Å². The Hall–Kier alpha value is -7.56. The van der Waals surface area contributed by atoms with Gasteiger partial charge >= 0.3 is 0 Å². The van der Waals surface area contributed by atoms with Gasteiger partial charge in [-0.3, -0.25) is 0 Å². The van der Waals surface area contributed by atoms with Crippen molar-refractivity contribution in [3.63, 3.8) is 0 Å². The standard InChI is InChI=1S/C52H34N4/c1-5-13-37(14-6-1)45-33-47(38-15-7-2-8-16-38)54-51-44(45)31-29-42-30-32-46(53-50(42)51)40-25-21-35(22-26-40)36-23-27-41(28-24-36)49-34-48(39-17-9-3-10-18-39)55-52(56-49)43-19-11-4-12-20-43/h1-34H. The summed E-state index contributed by atoms with van der Waals surface area (Å²) in [5, 5.41) is 2.14. The van der Waals surface area contributed by atoms with Gasteiger partial charge < -0.3 is 0 Å². The molecule has 0 radical (unpaired) electrons. The summed E-state index contributed by atoms with van der Waals surface area (Å²) >= 11 is 0. The van der Waals surface area contributed by atoms with Gasteiger partial charge in [0.2, 0.25) is 0 Å². The van der Waals surface area contributed by atoms with E-state index < -0.39 is 0 Å². The maximum absolute atomic E-state index is 5.27. The SMILES string of the molecule is c1ccc(-c2cc(-c3ccc(-c4ccc(-c5ccc6ccc7c(-c8ccccc8)cc(-c8ccccc8)nc7c6n5)cc4)cc3)nc(-c3ccccc3)n2)cc1. The van der Waals surface area contributed by atoms with Crippen molar-refractivity contribution in [1.82, 2.24) is 19.9 Å². The first-order valence-electron chi connectivity index (χ1n) is 18.8. The number of benzene rings is 7. The Morgan fingerprint density at radius 3 is 1.21 bits per heavy atom. The molecule has 10 rings (SSSR count). The van der Waals surface area contributed by atoms with E-state index in [1.807, 2.05) is 42.5 Å². The second-order valence-corrected chi connectivity index (χ2v) is 13.9. The summed E-state index contributed by atoms with van der Waals surface area (Å²) in [4.78, 5) is 20.5. The fourth-order valence-corrected chi connectivity index (χ4v) is 7.38. The second-order valence-electron chi connectivity index (χ2n) is 13.9. The third-order valence-electron chi connectivity index (χ3n) is 10.3. The number of aromatic nitrogens is 4. The molecule has 0 aliphatic heterocycles. The van der Waals surface area contributed by atoms with Crippen molar-refractivity contribution in [3.8, 4) is 78.7 Å². The van der Waals surface area contributed by atoms with Gasteiger partial charge in [0.25, 0.3) is 0 Å². The lowest BCUT2D eigenvalue weighted by Gasteiger charge is -2.13. The van der Waals surface area contributed by atoms with Crippen molar-refractivity contribution < 1.29 is 0 Å². The highest BCUT2D eigenvalue weighted by atomic mass is 14.9. The third kappa shape index (κ3) is 6.40. The second kappa shape index (κ2) is 14.3. The molecule has 0 saturated carbocycles. The summed E-state index contributed by atoms with van der Waals surface area (Å²) in [5.74, 6) is 0.709. The van der Waals surface area contributed by atoms with Gasteiger partial charge in [0.05, 0.1) is 33.8 Å². The van der Waals surface area contributed by atoms with E-state index in [-0.39, 0.29) is 0 Å². The van der Waals surface area contributed by atoms with Crippen LogP contribution < -0.4 is 0 Å². The summed E-state index contributed by atoms with van der Waals surface area (Å²) in [7, 11) is 0. The maximum Gasteiger partial charge on any atom is 0.160 e. The zero-order valence-corrected chi connectivity index (χ0v) is 30.4. The summed E-state index contributed by atoms with van der Waals surface area (Å²) in [6.45, 7) is 0. The molecular weight excluding hydrogens is 681 g/mol. The number of rotatable bonds is 7. The van der Waals surface area contributed by atoms with E-state index in [4.69, 9.17) is 19.9 Å². The Bertz CT molecular complexity index is 2910. The van der Waals surface area contributed by atoms with Crippen LogP contribution in [0.2, 0.25) is 0 Å². The van der Waals surface area contributed by atoms with Crippen LogP contribution in [0, 0.1) is 0 Å². The highest BCUT2D eigenvalue weighted by Gasteiger charge is 2.15. The fourth-order valence-electron chi connectivity index (χ4n) is 7.38. The molecule has 4 heteroatoms. The Balaban J connectivity index is 0.990. The predicted octanol–water partition coefficient (Wildman–Crippen LogP) is 13.2. The number of hydrogen-bond acceptors (Lipinski definition) is 4.